The highest BCUT2D eigenvalue weighted by Gasteiger charge is 2.41. The zero-order valence-corrected chi connectivity index (χ0v) is 20.6. The molecule has 0 bridgehead atoms. The van der Waals surface area contributed by atoms with Crippen molar-refractivity contribution in [3.05, 3.63) is 47.3 Å². The Hall–Kier alpha value is -2.91. The molecule has 2 aliphatic heterocycles. The highest BCUT2D eigenvalue weighted by Crippen LogP contribution is 2.25. The second kappa shape index (κ2) is 10.6. The van der Waals surface area contributed by atoms with Crippen molar-refractivity contribution in [3.63, 3.8) is 0 Å². The van der Waals surface area contributed by atoms with Gasteiger partial charge in [0.05, 0.1) is 12.6 Å². The Kier molecular flexibility index (Phi) is 7.99. The van der Waals surface area contributed by atoms with Crippen LogP contribution >= 0.6 is 0 Å². The maximum absolute atomic E-state index is 13.4. The number of ketones is 1. The summed E-state index contributed by atoms with van der Waals surface area (Å²) in [5.41, 5.74) is 6.70. The fourth-order valence-corrected chi connectivity index (χ4v) is 4.50. The van der Waals surface area contributed by atoms with E-state index >= 15 is 0 Å². The number of hydrogen-bond donors (Lipinski definition) is 3. The summed E-state index contributed by atoms with van der Waals surface area (Å²) in [7, 11) is 0. The van der Waals surface area contributed by atoms with Crippen LogP contribution in [0.15, 0.2) is 41.7 Å². The molecule has 0 aromatic heterocycles. The van der Waals surface area contributed by atoms with Crippen molar-refractivity contribution >= 4 is 17.6 Å². The van der Waals surface area contributed by atoms with E-state index in [2.05, 4.69) is 5.32 Å². The van der Waals surface area contributed by atoms with Crippen LogP contribution < -0.4 is 11.1 Å². The third-order valence-electron chi connectivity index (χ3n) is 6.17. The van der Waals surface area contributed by atoms with E-state index in [9.17, 15) is 19.5 Å². The zero-order valence-electron chi connectivity index (χ0n) is 20.6. The van der Waals surface area contributed by atoms with Crippen molar-refractivity contribution in [2.75, 3.05) is 19.6 Å². The summed E-state index contributed by atoms with van der Waals surface area (Å²) in [6.07, 6.45) is 1.15. The van der Waals surface area contributed by atoms with Gasteiger partial charge in [-0.25, -0.2) is 0 Å². The van der Waals surface area contributed by atoms with Crippen LogP contribution in [0, 0.1) is 0 Å². The fraction of sp³-hybridized carbons (Fsp3) is 0.560. The van der Waals surface area contributed by atoms with Gasteiger partial charge in [-0.1, -0.05) is 36.8 Å². The third kappa shape index (κ3) is 5.77. The Labute approximate surface area is 201 Å². The molecule has 9 nitrogen and oxygen atoms in total. The molecule has 2 amide bonds. The lowest BCUT2D eigenvalue weighted by molar-refractivity contribution is -0.158. The minimum absolute atomic E-state index is 0.0382. The molecule has 1 saturated heterocycles. The van der Waals surface area contributed by atoms with Gasteiger partial charge < -0.3 is 21.1 Å². The second-order valence-corrected chi connectivity index (χ2v) is 9.96. The van der Waals surface area contributed by atoms with E-state index < -0.39 is 24.1 Å². The average molecular weight is 472 g/mol. The number of benzene rings is 1. The summed E-state index contributed by atoms with van der Waals surface area (Å²) in [5, 5.41) is 13.8. The Morgan fingerprint density at radius 1 is 1.15 bits per heavy atom. The van der Waals surface area contributed by atoms with Gasteiger partial charge in [-0.3, -0.25) is 24.2 Å². The molecule has 0 aliphatic carbocycles. The van der Waals surface area contributed by atoms with Gasteiger partial charge in [-0.2, -0.15) is 0 Å². The topological polar surface area (TPSA) is 119 Å². The quantitative estimate of drug-likeness (QED) is 0.510. The number of likely N-dealkylation sites (tertiary alicyclic amines) is 1. The fourth-order valence-electron chi connectivity index (χ4n) is 4.50. The van der Waals surface area contributed by atoms with Gasteiger partial charge in [0, 0.05) is 18.6 Å². The first-order chi connectivity index (χ1) is 16.0. The number of aliphatic hydroxyl groups is 1. The summed E-state index contributed by atoms with van der Waals surface area (Å²) in [6.45, 7) is 8.46. The molecule has 1 fully saturated rings. The van der Waals surface area contributed by atoms with E-state index in [0.29, 0.717) is 13.0 Å². The Morgan fingerprint density at radius 3 is 2.44 bits per heavy atom. The molecule has 0 spiro atoms. The minimum Gasteiger partial charge on any atom is -0.384 e. The van der Waals surface area contributed by atoms with Gasteiger partial charge in [0.1, 0.15) is 11.4 Å². The number of piperidine rings is 1. The normalized spacial score (nSPS) is 22.2. The number of carbonyl (C=O) groups is 3. The van der Waals surface area contributed by atoms with Gasteiger partial charge in [-0.05, 0) is 52.6 Å². The molecule has 2 atom stereocenters. The summed E-state index contributed by atoms with van der Waals surface area (Å²) in [6, 6.07) is 8.97. The zero-order chi connectivity index (χ0) is 25.0. The van der Waals surface area contributed by atoms with E-state index in [4.69, 9.17) is 5.73 Å². The smallest absolute Gasteiger partial charge is 0.264 e. The van der Waals surface area contributed by atoms with Gasteiger partial charge in [0.25, 0.3) is 5.91 Å². The van der Waals surface area contributed by atoms with Crippen LogP contribution in [0.5, 0.6) is 0 Å². The van der Waals surface area contributed by atoms with E-state index in [-0.39, 0.29) is 42.5 Å². The summed E-state index contributed by atoms with van der Waals surface area (Å²) < 4.78 is 0. The number of aliphatic hydroxyl groups excluding tert-OH is 1. The average Bonchev–Trinajstić information content (AvgIpc) is 2.77. The van der Waals surface area contributed by atoms with Crippen molar-refractivity contribution < 1.29 is 19.5 Å². The first-order valence-electron chi connectivity index (χ1n) is 11.9. The SMILES string of the molecule is CCN1C(=O)C(C(=O)CN2CCCCC2C(=O)NC(C)(C)C)=C(N)N(Cc2ccccc2)C1O. The van der Waals surface area contributed by atoms with Crippen molar-refractivity contribution in [1.29, 1.82) is 0 Å². The summed E-state index contributed by atoms with van der Waals surface area (Å²) in [5.74, 6) is -1.19. The lowest BCUT2D eigenvalue weighted by atomic mass is 9.98. The van der Waals surface area contributed by atoms with Gasteiger partial charge >= 0.3 is 0 Å². The van der Waals surface area contributed by atoms with Gasteiger partial charge in [0.2, 0.25) is 12.3 Å². The molecule has 4 N–H and O–H groups in total. The third-order valence-corrected chi connectivity index (χ3v) is 6.17. The van der Waals surface area contributed by atoms with Crippen molar-refractivity contribution in [3.8, 4) is 0 Å². The van der Waals surface area contributed by atoms with E-state index in [0.717, 1.165) is 18.4 Å². The molecule has 1 aromatic carbocycles. The highest BCUT2D eigenvalue weighted by molar-refractivity contribution is 6.21. The lowest BCUT2D eigenvalue weighted by Gasteiger charge is -2.42. The molecule has 9 heteroatoms. The van der Waals surface area contributed by atoms with E-state index in [1.807, 2.05) is 56.0 Å². The molecular weight excluding hydrogens is 434 g/mol. The first-order valence-corrected chi connectivity index (χ1v) is 11.9. The number of nitrogens with one attached hydrogen (secondary N) is 1. The Morgan fingerprint density at radius 2 is 1.82 bits per heavy atom. The number of carbonyl (C=O) groups excluding carboxylic acids is 3. The lowest BCUT2D eigenvalue weighted by Crippen LogP contribution is -2.59. The molecule has 186 valence electrons. The van der Waals surface area contributed by atoms with Crippen LogP contribution in [-0.2, 0) is 20.9 Å². The summed E-state index contributed by atoms with van der Waals surface area (Å²) in [4.78, 5) is 44.0. The van der Waals surface area contributed by atoms with Crippen LogP contribution in [0.3, 0.4) is 0 Å². The Balaban J connectivity index is 1.86. The molecule has 3 rings (SSSR count). The van der Waals surface area contributed by atoms with E-state index in [1.165, 1.54) is 9.80 Å². The van der Waals surface area contributed by atoms with Crippen molar-refractivity contribution in [2.45, 2.75) is 71.4 Å². The summed E-state index contributed by atoms with van der Waals surface area (Å²) >= 11 is 0. The molecule has 2 unspecified atom stereocenters. The molecular formula is C25H37N5O4. The van der Waals surface area contributed by atoms with Crippen LogP contribution in [0.1, 0.15) is 52.5 Å². The second-order valence-electron chi connectivity index (χ2n) is 9.96. The molecule has 0 radical (unpaired) electrons. The van der Waals surface area contributed by atoms with Crippen LogP contribution in [0.25, 0.3) is 0 Å². The van der Waals surface area contributed by atoms with Crippen molar-refractivity contribution in [1.82, 2.24) is 20.0 Å². The number of amides is 2. The highest BCUT2D eigenvalue weighted by atomic mass is 16.3. The maximum Gasteiger partial charge on any atom is 0.264 e. The van der Waals surface area contributed by atoms with Crippen LogP contribution in [-0.4, -0.2) is 75.0 Å². The first kappa shape index (κ1) is 25.7. The molecule has 2 aliphatic rings. The molecule has 1 aromatic rings. The largest absolute Gasteiger partial charge is 0.384 e. The van der Waals surface area contributed by atoms with Crippen LogP contribution in [0.4, 0.5) is 0 Å². The number of rotatable bonds is 7. The minimum atomic E-state index is -1.27. The Bertz CT molecular complexity index is 940. The van der Waals surface area contributed by atoms with Gasteiger partial charge in [-0.15, -0.1) is 0 Å². The van der Waals surface area contributed by atoms with E-state index in [1.54, 1.807) is 6.92 Å². The number of hydrogen-bond acceptors (Lipinski definition) is 7. The monoisotopic (exact) mass is 471 g/mol. The van der Waals surface area contributed by atoms with Crippen LogP contribution in [0.2, 0.25) is 0 Å². The number of Topliss-reactive ketones (excluding diaryl/α,β-unsaturated/α-hetero) is 1. The molecule has 0 saturated carbocycles. The van der Waals surface area contributed by atoms with Crippen molar-refractivity contribution in [2.24, 2.45) is 5.73 Å². The predicted octanol–water partition coefficient (Wildman–Crippen LogP) is 1.14. The van der Waals surface area contributed by atoms with Gasteiger partial charge in [0.15, 0.2) is 5.78 Å². The number of nitrogens with two attached hydrogens (primary N) is 1. The number of likely N-dealkylation sites (N-methyl/N-ethyl adjacent to an activating group) is 1. The maximum atomic E-state index is 13.4. The molecule has 34 heavy (non-hydrogen) atoms. The standard InChI is InChI=1S/C25H37N5O4/c1-5-29-23(33)20(21(26)30(24(29)34)15-17-11-7-6-8-12-17)19(31)16-28-14-10-9-13-18(28)22(32)27-25(2,3)4/h6-8,11-12,18,24,34H,5,9-10,13-16,26H2,1-4H3,(H,27,32). The predicted molar refractivity (Wildman–Crippen MR) is 129 cm³/mol. The molecule has 2 heterocycles. The number of nitrogens with zero attached hydrogens (tertiary/aromatic N) is 3.